The Hall–Kier alpha value is -2.90. The second-order valence-corrected chi connectivity index (χ2v) is 9.32. The van der Waals surface area contributed by atoms with E-state index in [2.05, 4.69) is 5.32 Å². The molecule has 2 heterocycles. The van der Waals surface area contributed by atoms with E-state index in [-0.39, 0.29) is 16.4 Å². The van der Waals surface area contributed by atoms with Crippen LogP contribution in [-0.2, 0) is 16.4 Å². The first-order chi connectivity index (χ1) is 14.4. The summed E-state index contributed by atoms with van der Waals surface area (Å²) in [7, 11) is -3.64. The van der Waals surface area contributed by atoms with Crippen molar-refractivity contribution in [2.75, 3.05) is 18.4 Å². The molecule has 0 spiro atoms. The summed E-state index contributed by atoms with van der Waals surface area (Å²) in [5.74, 6) is -0.258. The van der Waals surface area contributed by atoms with E-state index < -0.39 is 15.9 Å². The Kier molecular flexibility index (Phi) is 5.74. The number of rotatable bonds is 6. The molecular weight excluding hydrogens is 400 g/mol. The molecule has 0 saturated carbocycles. The van der Waals surface area contributed by atoms with Crippen LogP contribution in [0, 0.1) is 6.92 Å². The van der Waals surface area contributed by atoms with E-state index in [1.54, 1.807) is 6.92 Å². The molecule has 0 bridgehead atoms. The highest BCUT2D eigenvalue weighted by Crippen LogP contribution is 2.27. The number of aryl methyl sites for hydroxylation is 1. The number of hydrogen-bond acceptors (Lipinski definition) is 4. The summed E-state index contributed by atoms with van der Waals surface area (Å²) >= 11 is 0. The fourth-order valence-electron chi connectivity index (χ4n) is 3.70. The molecule has 0 atom stereocenters. The van der Waals surface area contributed by atoms with Crippen LogP contribution in [0.4, 0.5) is 5.69 Å². The molecule has 1 aliphatic heterocycles. The second kappa shape index (κ2) is 8.45. The number of furan rings is 1. The predicted molar refractivity (Wildman–Crippen MR) is 115 cm³/mol. The van der Waals surface area contributed by atoms with Gasteiger partial charge in [0.1, 0.15) is 10.7 Å². The summed E-state index contributed by atoms with van der Waals surface area (Å²) in [4.78, 5) is 12.9. The van der Waals surface area contributed by atoms with Crippen LogP contribution < -0.4 is 5.32 Å². The first kappa shape index (κ1) is 20.4. The van der Waals surface area contributed by atoms with Gasteiger partial charge in [0.05, 0.1) is 0 Å². The Morgan fingerprint density at radius 1 is 1.03 bits per heavy atom. The van der Waals surface area contributed by atoms with Gasteiger partial charge in [-0.05, 0) is 43.4 Å². The summed E-state index contributed by atoms with van der Waals surface area (Å²) < 4.78 is 32.7. The Labute approximate surface area is 176 Å². The number of carbonyl (C=O) groups excluding carboxylic acids is 1. The molecule has 1 N–H and O–H groups in total. The number of nitrogens with one attached hydrogen (secondary N) is 1. The Bertz CT molecular complexity index is 1150. The van der Waals surface area contributed by atoms with E-state index >= 15 is 0 Å². The average Bonchev–Trinajstić information content (AvgIpc) is 3.41. The van der Waals surface area contributed by atoms with Gasteiger partial charge in [-0.15, -0.1) is 0 Å². The maximum atomic E-state index is 12.8. The SMILES string of the molecule is Cc1oc(C(=O)Nc2ccccc2Cc2ccccc2)cc1S(=O)(=O)N1CCCC1. The van der Waals surface area contributed by atoms with Crippen molar-refractivity contribution in [3.63, 3.8) is 0 Å². The van der Waals surface area contributed by atoms with Crippen molar-refractivity contribution in [3.05, 3.63) is 83.3 Å². The van der Waals surface area contributed by atoms with E-state index in [0.29, 0.717) is 25.2 Å². The number of sulfonamides is 1. The van der Waals surface area contributed by atoms with Crippen molar-refractivity contribution in [2.45, 2.75) is 31.1 Å². The molecule has 0 radical (unpaired) electrons. The number of nitrogens with zero attached hydrogens (tertiary/aromatic N) is 1. The maximum Gasteiger partial charge on any atom is 0.291 e. The van der Waals surface area contributed by atoms with Crippen LogP contribution in [0.25, 0.3) is 0 Å². The maximum absolute atomic E-state index is 12.8. The fraction of sp³-hybridized carbons (Fsp3) is 0.261. The van der Waals surface area contributed by atoms with Crippen molar-refractivity contribution in [1.82, 2.24) is 4.31 Å². The van der Waals surface area contributed by atoms with Gasteiger partial charge >= 0.3 is 0 Å². The molecule has 6 nitrogen and oxygen atoms in total. The minimum Gasteiger partial charge on any atom is -0.455 e. The summed E-state index contributed by atoms with van der Waals surface area (Å²) in [5.41, 5.74) is 2.77. The van der Waals surface area contributed by atoms with E-state index in [1.807, 2.05) is 54.6 Å². The number of hydrogen-bond donors (Lipinski definition) is 1. The molecule has 1 amide bonds. The fourth-order valence-corrected chi connectivity index (χ4v) is 5.38. The zero-order valence-electron chi connectivity index (χ0n) is 16.8. The standard InChI is InChI=1S/C23H24N2O4S/c1-17-22(30(27,28)25-13-7-8-14-25)16-21(29-17)23(26)24-20-12-6-5-11-19(20)15-18-9-3-2-4-10-18/h2-6,9-12,16H,7-8,13-15H2,1H3,(H,24,26). The molecule has 0 unspecified atom stereocenters. The molecule has 156 valence electrons. The third-order valence-corrected chi connectivity index (χ3v) is 7.29. The lowest BCUT2D eigenvalue weighted by molar-refractivity contribution is 0.0995. The minimum atomic E-state index is -3.64. The second-order valence-electron chi connectivity index (χ2n) is 7.42. The van der Waals surface area contributed by atoms with Gasteiger partial charge in [0, 0.05) is 24.8 Å². The lowest BCUT2D eigenvalue weighted by Gasteiger charge is -2.14. The van der Waals surface area contributed by atoms with Gasteiger partial charge in [0.2, 0.25) is 10.0 Å². The van der Waals surface area contributed by atoms with Gasteiger partial charge in [-0.25, -0.2) is 8.42 Å². The van der Waals surface area contributed by atoms with Crippen molar-refractivity contribution >= 4 is 21.6 Å². The highest BCUT2D eigenvalue weighted by molar-refractivity contribution is 7.89. The number of carbonyl (C=O) groups is 1. The van der Waals surface area contributed by atoms with Gasteiger partial charge < -0.3 is 9.73 Å². The molecule has 3 aromatic rings. The highest BCUT2D eigenvalue weighted by atomic mass is 32.2. The van der Waals surface area contributed by atoms with E-state index in [4.69, 9.17) is 4.42 Å². The molecule has 7 heteroatoms. The summed E-state index contributed by atoms with van der Waals surface area (Å²) in [6, 6.07) is 18.9. The van der Waals surface area contributed by atoms with Gasteiger partial charge in [-0.2, -0.15) is 4.31 Å². The van der Waals surface area contributed by atoms with Crippen molar-refractivity contribution in [2.24, 2.45) is 0 Å². The first-order valence-corrected chi connectivity index (χ1v) is 11.4. The average molecular weight is 425 g/mol. The van der Waals surface area contributed by atoms with Crippen molar-refractivity contribution in [3.8, 4) is 0 Å². The van der Waals surface area contributed by atoms with Crippen molar-refractivity contribution in [1.29, 1.82) is 0 Å². The number of anilines is 1. The molecule has 2 aromatic carbocycles. The monoisotopic (exact) mass is 424 g/mol. The largest absolute Gasteiger partial charge is 0.455 e. The lowest BCUT2D eigenvalue weighted by atomic mass is 10.0. The molecule has 1 aliphatic rings. The zero-order valence-corrected chi connectivity index (χ0v) is 17.6. The van der Waals surface area contributed by atoms with Crippen LogP contribution in [0.2, 0.25) is 0 Å². The predicted octanol–water partition coefficient (Wildman–Crippen LogP) is 4.22. The third kappa shape index (κ3) is 4.17. The van der Waals surface area contributed by atoms with Crippen LogP contribution in [0.3, 0.4) is 0 Å². The first-order valence-electron chi connectivity index (χ1n) is 9.99. The minimum absolute atomic E-state index is 0.0141. The molecule has 4 rings (SSSR count). The third-order valence-electron chi connectivity index (χ3n) is 5.28. The zero-order chi connectivity index (χ0) is 21.1. The molecule has 1 aromatic heterocycles. The van der Waals surface area contributed by atoms with E-state index in [0.717, 1.165) is 24.0 Å². The molecule has 0 aliphatic carbocycles. The van der Waals surface area contributed by atoms with Gasteiger partial charge in [0.15, 0.2) is 5.76 Å². The Morgan fingerprint density at radius 3 is 2.43 bits per heavy atom. The number of benzene rings is 2. The normalized spacial score (nSPS) is 14.7. The smallest absolute Gasteiger partial charge is 0.291 e. The Morgan fingerprint density at radius 2 is 1.70 bits per heavy atom. The van der Waals surface area contributed by atoms with Crippen LogP contribution in [0.15, 0.2) is 70.0 Å². The summed E-state index contributed by atoms with van der Waals surface area (Å²) in [5, 5.41) is 2.87. The summed E-state index contributed by atoms with van der Waals surface area (Å²) in [6.45, 7) is 2.58. The topological polar surface area (TPSA) is 79.6 Å². The van der Waals surface area contributed by atoms with Crippen molar-refractivity contribution < 1.29 is 17.6 Å². The highest BCUT2D eigenvalue weighted by Gasteiger charge is 2.31. The van der Waals surface area contributed by atoms with Gasteiger partial charge in [-0.1, -0.05) is 48.5 Å². The molecule has 1 fully saturated rings. The number of amides is 1. The summed E-state index contributed by atoms with van der Waals surface area (Å²) in [6.07, 6.45) is 2.37. The van der Waals surface area contributed by atoms with Gasteiger partial charge in [0.25, 0.3) is 5.91 Å². The van der Waals surface area contributed by atoms with Crippen LogP contribution in [-0.4, -0.2) is 31.7 Å². The number of para-hydroxylation sites is 1. The van der Waals surface area contributed by atoms with E-state index in [1.165, 1.54) is 10.4 Å². The quantitative estimate of drug-likeness (QED) is 0.643. The van der Waals surface area contributed by atoms with Crippen LogP contribution in [0.5, 0.6) is 0 Å². The molecular formula is C23H24N2O4S. The molecule has 1 saturated heterocycles. The van der Waals surface area contributed by atoms with Crippen LogP contribution >= 0.6 is 0 Å². The molecule has 30 heavy (non-hydrogen) atoms. The van der Waals surface area contributed by atoms with Crippen LogP contribution in [0.1, 0.15) is 40.3 Å². The lowest BCUT2D eigenvalue weighted by Crippen LogP contribution is -2.28. The Balaban J connectivity index is 1.56. The van der Waals surface area contributed by atoms with E-state index in [9.17, 15) is 13.2 Å². The van der Waals surface area contributed by atoms with Gasteiger partial charge in [-0.3, -0.25) is 4.79 Å².